The third-order valence-corrected chi connectivity index (χ3v) is 5.42. The van der Waals surface area contributed by atoms with E-state index >= 15 is 0 Å². The van der Waals surface area contributed by atoms with Crippen molar-refractivity contribution in [1.29, 1.82) is 0 Å². The summed E-state index contributed by atoms with van der Waals surface area (Å²) in [6.07, 6.45) is -12.5. The van der Waals surface area contributed by atoms with Crippen molar-refractivity contribution in [2.45, 2.75) is 38.5 Å². The van der Waals surface area contributed by atoms with Gasteiger partial charge in [0, 0.05) is 12.1 Å². The van der Waals surface area contributed by atoms with Crippen LogP contribution in [0, 0.1) is 6.92 Å². The molecule has 0 saturated carbocycles. The minimum absolute atomic E-state index is 0.0155. The molecule has 180 valence electrons. The van der Waals surface area contributed by atoms with Crippen LogP contribution in [0.3, 0.4) is 0 Å². The van der Waals surface area contributed by atoms with Crippen molar-refractivity contribution in [2.75, 3.05) is 6.54 Å². The zero-order valence-electron chi connectivity index (χ0n) is 17.7. The van der Waals surface area contributed by atoms with Crippen LogP contribution in [0.5, 0.6) is 0 Å². The second kappa shape index (κ2) is 8.42. The molecule has 0 aliphatic carbocycles. The van der Waals surface area contributed by atoms with Gasteiger partial charge in [0.15, 0.2) is 6.10 Å². The van der Waals surface area contributed by atoms with E-state index in [-0.39, 0.29) is 36.6 Å². The topological polar surface area (TPSA) is 71.2 Å². The van der Waals surface area contributed by atoms with Crippen LogP contribution in [0.4, 0.5) is 26.3 Å². The first-order valence-corrected chi connectivity index (χ1v) is 10.1. The number of aliphatic hydroxyl groups excluding tert-OH is 1. The Morgan fingerprint density at radius 1 is 1.00 bits per heavy atom. The number of aromatic nitrogens is 3. The second-order valence-electron chi connectivity index (χ2n) is 7.95. The predicted octanol–water partition coefficient (Wildman–Crippen LogP) is 4.52. The maximum atomic E-state index is 13.2. The normalized spacial score (nSPS) is 15.2. The van der Waals surface area contributed by atoms with Crippen molar-refractivity contribution in [3.05, 3.63) is 70.8 Å². The van der Waals surface area contributed by atoms with E-state index in [2.05, 4.69) is 10.1 Å². The van der Waals surface area contributed by atoms with Crippen molar-refractivity contribution in [3.63, 3.8) is 0 Å². The molecular weight excluding hydrogens is 466 g/mol. The summed E-state index contributed by atoms with van der Waals surface area (Å²) < 4.78 is 79.4. The SMILES string of the molecule is Cc1ccc(-c2cc(C(=O)N3CCn4nc(C(F)(F)F)nc4C3)cc(C(O)C(F)(F)F)c2)cc1. The molecular formula is C22H18F6N4O2. The molecule has 0 bridgehead atoms. The Hall–Kier alpha value is -3.41. The number of aryl methyl sites for hydroxylation is 1. The van der Waals surface area contributed by atoms with Crippen molar-refractivity contribution >= 4 is 5.91 Å². The standard InChI is InChI=1S/C22H18F6N4O2/c1-12-2-4-13(5-3-12)14-8-15(18(33)21(23,24)25)10-16(9-14)19(34)31-6-7-32-17(11-31)29-20(30-32)22(26,27)28/h2-5,8-10,18,33H,6-7,11H2,1H3. The van der Waals surface area contributed by atoms with E-state index in [1.54, 1.807) is 24.3 Å². The summed E-state index contributed by atoms with van der Waals surface area (Å²) in [5.74, 6) is -2.11. The van der Waals surface area contributed by atoms with Crippen molar-refractivity contribution in [1.82, 2.24) is 19.7 Å². The fraction of sp³-hybridized carbons (Fsp3) is 0.318. The fourth-order valence-corrected chi connectivity index (χ4v) is 3.65. The molecule has 1 aliphatic heterocycles. The number of carbonyl (C=O) groups is 1. The van der Waals surface area contributed by atoms with Gasteiger partial charge in [0.25, 0.3) is 11.7 Å². The van der Waals surface area contributed by atoms with E-state index < -0.39 is 35.8 Å². The molecule has 1 aromatic heterocycles. The average molecular weight is 484 g/mol. The smallest absolute Gasteiger partial charge is 0.379 e. The largest absolute Gasteiger partial charge is 0.453 e. The summed E-state index contributed by atoms with van der Waals surface area (Å²) in [5, 5.41) is 13.2. The van der Waals surface area contributed by atoms with Crippen LogP contribution < -0.4 is 0 Å². The summed E-state index contributed by atoms with van der Waals surface area (Å²) in [5.41, 5.74) is 1.07. The van der Waals surface area contributed by atoms with E-state index in [4.69, 9.17) is 0 Å². The van der Waals surface area contributed by atoms with E-state index in [9.17, 15) is 36.2 Å². The van der Waals surface area contributed by atoms with E-state index in [0.717, 1.165) is 22.4 Å². The lowest BCUT2D eigenvalue weighted by Gasteiger charge is -2.27. The summed E-state index contributed by atoms with van der Waals surface area (Å²) >= 11 is 0. The Morgan fingerprint density at radius 3 is 2.29 bits per heavy atom. The Morgan fingerprint density at radius 2 is 1.68 bits per heavy atom. The first-order chi connectivity index (χ1) is 15.8. The van der Waals surface area contributed by atoms with Gasteiger partial charge in [-0.3, -0.25) is 4.79 Å². The van der Waals surface area contributed by atoms with Crippen LogP contribution in [0.2, 0.25) is 0 Å². The molecule has 0 spiro atoms. The second-order valence-corrected chi connectivity index (χ2v) is 7.95. The number of fused-ring (bicyclic) bond motifs is 1. The maximum absolute atomic E-state index is 13.2. The Labute approximate surface area is 189 Å². The zero-order chi connectivity index (χ0) is 24.8. The number of nitrogens with zero attached hydrogens (tertiary/aromatic N) is 4. The minimum Gasteiger partial charge on any atom is -0.379 e. The lowest BCUT2D eigenvalue weighted by atomic mass is 9.96. The number of alkyl halides is 6. The van der Waals surface area contributed by atoms with Crippen LogP contribution in [-0.2, 0) is 19.3 Å². The van der Waals surface area contributed by atoms with Gasteiger partial charge in [-0.25, -0.2) is 9.67 Å². The van der Waals surface area contributed by atoms with Crippen LogP contribution in [-0.4, -0.2) is 43.4 Å². The lowest BCUT2D eigenvalue weighted by Crippen LogP contribution is -2.38. The van der Waals surface area contributed by atoms with E-state index in [0.29, 0.717) is 5.56 Å². The third-order valence-electron chi connectivity index (χ3n) is 5.42. The van der Waals surface area contributed by atoms with E-state index in [1.165, 1.54) is 11.0 Å². The molecule has 0 fully saturated rings. The molecule has 4 rings (SSSR count). The molecule has 12 heteroatoms. The number of aliphatic hydroxyl groups is 1. The highest BCUT2D eigenvalue weighted by molar-refractivity contribution is 5.96. The summed E-state index contributed by atoms with van der Waals surface area (Å²) in [4.78, 5) is 17.8. The number of hydrogen-bond donors (Lipinski definition) is 1. The van der Waals surface area contributed by atoms with Gasteiger partial charge in [-0.1, -0.05) is 29.8 Å². The van der Waals surface area contributed by atoms with Crippen molar-refractivity contribution < 1.29 is 36.2 Å². The fourth-order valence-electron chi connectivity index (χ4n) is 3.65. The van der Waals surface area contributed by atoms with Crippen molar-refractivity contribution in [2.24, 2.45) is 0 Å². The number of rotatable bonds is 3. The van der Waals surface area contributed by atoms with Crippen LogP contribution in [0.1, 0.15) is 39.2 Å². The Kier molecular flexibility index (Phi) is 5.88. The highest BCUT2D eigenvalue weighted by atomic mass is 19.4. The molecule has 1 N–H and O–H groups in total. The van der Waals surface area contributed by atoms with Gasteiger partial charge in [-0.2, -0.15) is 26.3 Å². The average Bonchev–Trinajstić information content (AvgIpc) is 3.22. The number of halogens is 6. The predicted molar refractivity (Wildman–Crippen MR) is 107 cm³/mol. The minimum atomic E-state index is -4.96. The maximum Gasteiger partial charge on any atom is 0.453 e. The zero-order valence-corrected chi connectivity index (χ0v) is 17.7. The number of amides is 1. The number of carbonyl (C=O) groups excluding carboxylic acids is 1. The first kappa shape index (κ1) is 23.7. The molecule has 1 amide bonds. The molecule has 6 nitrogen and oxygen atoms in total. The molecule has 34 heavy (non-hydrogen) atoms. The quantitative estimate of drug-likeness (QED) is 0.555. The van der Waals surface area contributed by atoms with Gasteiger partial charge >= 0.3 is 12.4 Å². The first-order valence-electron chi connectivity index (χ1n) is 10.1. The van der Waals surface area contributed by atoms with Gasteiger partial charge in [0.2, 0.25) is 0 Å². The molecule has 2 aromatic carbocycles. The number of benzene rings is 2. The van der Waals surface area contributed by atoms with Crippen molar-refractivity contribution in [3.8, 4) is 11.1 Å². The van der Waals surface area contributed by atoms with Gasteiger partial charge in [-0.15, -0.1) is 5.10 Å². The van der Waals surface area contributed by atoms with Gasteiger partial charge in [0.05, 0.1) is 13.1 Å². The van der Waals surface area contributed by atoms with E-state index in [1.807, 2.05) is 6.92 Å². The molecule has 3 aromatic rings. The highest BCUT2D eigenvalue weighted by Crippen LogP contribution is 2.35. The number of hydrogen-bond acceptors (Lipinski definition) is 4. The molecule has 1 atom stereocenters. The molecule has 1 aliphatic rings. The molecule has 0 radical (unpaired) electrons. The molecule has 2 heterocycles. The Bertz CT molecular complexity index is 1220. The summed E-state index contributed by atoms with van der Waals surface area (Å²) in [6, 6.07) is 10.3. The van der Waals surface area contributed by atoms with Crippen LogP contribution in [0.25, 0.3) is 11.1 Å². The Balaban J connectivity index is 1.70. The highest BCUT2D eigenvalue weighted by Gasteiger charge is 2.40. The van der Waals surface area contributed by atoms with Gasteiger partial charge in [0.1, 0.15) is 5.82 Å². The van der Waals surface area contributed by atoms with Crippen LogP contribution in [0.15, 0.2) is 42.5 Å². The monoisotopic (exact) mass is 484 g/mol. The van der Waals surface area contributed by atoms with Crippen LogP contribution >= 0.6 is 0 Å². The third kappa shape index (κ3) is 4.76. The molecule has 1 unspecified atom stereocenters. The summed E-state index contributed by atoms with van der Waals surface area (Å²) in [6.45, 7) is 1.47. The van der Waals surface area contributed by atoms with Gasteiger partial charge < -0.3 is 10.0 Å². The van der Waals surface area contributed by atoms with Gasteiger partial charge in [-0.05, 0) is 41.8 Å². The lowest BCUT2D eigenvalue weighted by molar-refractivity contribution is -0.206. The molecule has 0 saturated heterocycles. The summed E-state index contributed by atoms with van der Waals surface area (Å²) in [7, 11) is 0.